The first-order valence-corrected chi connectivity index (χ1v) is 11.5. The fraction of sp³-hybridized carbons (Fsp3) is 0.760. The Morgan fingerprint density at radius 2 is 1.00 bits per heavy atom. The van der Waals surface area contributed by atoms with E-state index in [-0.39, 0.29) is 42.0 Å². The molecule has 0 fully saturated rings. The maximum Gasteiger partial charge on any atom is 0.104 e. The number of halogens is 1. The van der Waals surface area contributed by atoms with E-state index in [0.717, 1.165) is 11.0 Å². The molecule has 0 saturated carbocycles. The number of benzene rings is 1. The van der Waals surface area contributed by atoms with Crippen molar-refractivity contribution >= 4 is 29.6 Å². The van der Waals surface area contributed by atoms with Crippen LogP contribution in [0.25, 0.3) is 0 Å². The fourth-order valence-corrected chi connectivity index (χ4v) is 3.89. The van der Waals surface area contributed by atoms with E-state index < -0.39 is 0 Å². The van der Waals surface area contributed by atoms with E-state index in [0.29, 0.717) is 0 Å². The van der Waals surface area contributed by atoms with E-state index in [1.807, 2.05) is 0 Å². The Hall–Kier alpha value is 0.470. The van der Waals surface area contributed by atoms with E-state index in [1.54, 1.807) is 0 Å². The van der Waals surface area contributed by atoms with Gasteiger partial charge in [-0.1, -0.05) is 114 Å². The van der Waals surface area contributed by atoms with Crippen molar-refractivity contribution in [3.05, 3.63) is 35.9 Å². The molecular formula is C25H46ClNNa. The summed E-state index contributed by atoms with van der Waals surface area (Å²) < 4.78 is 1.11. The monoisotopic (exact) mass is 418 g/mol. The molecule has 28 heavy (non-hydrogen) atoms. The van der Waals surface area contributed by atoms with Crippen molar-refractivity contribution in [2.45, 2.75) is 103 Å². The van der Waals surface area contributed by atoms with Gasteiger partial charge in [-0.3, -0.25) is 0 Å². The fourth-order valence-electron chi connectivity index (χ4n) is 3.89. The molecule has 0 atom stereocenters. The average Bonchev–Trinajstić information content (AvgIpc) is 2.62. The molecule has 1 nitrogen and oxygen atoms in total. The molecule has 0 aliphatic heterocycles. The zero-order valence-electron chi connectivity index (χ0n) is 19.5. The SMILES string of the molecule is CCCCCCCCCCCCCCCC[N+](C)(C)Cc1ccccc1.[Cl-].[Na]. The molecule has 0 heterocycles. The maximum absolute atomic E-state index is 2.37. The summed E-state index contributed by atoms with van der Waals surface area (Å²) in [4.78, 5) is 0. The Bertz CT molecular complexity index is 422. The summed E-state index contributed by atoms with van der Waals surface area (Å²) in [6.45, 7) is 4.75. The third-order valence-electron chi connectivity index (χ3n) is 5.57. The zero-order valence-corrected chi connectivity index (χ0v) is 22.3. The second kappa shape index (κ2) is 20.7. The zero-order chi connectivity index (χ0) is 18.9. The molecule has 159 valence electrons. The van der Waals surface area contributed by atoms with Crippen LogP contribution in [0.15, 0.2) is 30.3 Å². The molecule has 3 heteroatoms. The van der Waals surface area contributed by atoms with Gasteiger partial charge in [0.05, 0.1) is 20.6 Å². The summed E-state index contributed by atoms with van der Waals surface area (Å²) in [7, 11) is 4.74. The van der Waals surface area contributed by atoms with Gasteiger partial charge in [-0.05, 0) is 12.8 Å². The Balaban J connectivity index is 0. The predicted octanol–water partition coefficient (Wildman–Crippen LogP) is 4.37. The first-order chi connectivity index (χ1) is 12.6. The molecule has 0 saturated heterocycles. The van der Waals surface area contributed by atoms with Crippen LogP contribution < -0.4 is 12.4 Å². The topological polar surface area (TPSA) is 0 Å². The van der Waals surface area contributed by atoms with Gasteiger partial charge in [0.25, 0.3) is 0 Å². The molecule has 0 amide bonds. The molecule has 0 N–H and O–H groups in total. The summed E-state index contributed by atoms with van der Waals surface area (Å²) in [5.41, 5.74) is 1.46. The van der Waals surface area contributed by atoms with Gasteiger partial charge < -0.3 is 16.9 Å². The van der Waals surface area contributed by atoms with Gasteiger partial charge in [-0.2, -0.15) is 0 Å². The summed E-state index contributed by atoms with van der Waals surface area (Å²) in [6, 6.07) is 10.9. The van der Waals surface area contributed by atoms with Crippen LogP contribution in [0.2, 0.25) is 0 Å². The second-order valence-corrected chi connectivity index (χ2v) is 8.90. The van der Waals surface area contributed by atoms with Crippen molar-refractivity contribution in [1.82, 2.24) is 0 Å². The first-order valence-electron chi connectivity index (χ1n) is 11.5. The minimum Gasteiger partial charge on any atom is -1.00 e. The molecule has 0 aromatic heterocycles. The van der Waals surface area contributed by atoms with E-state index in [9.17, 15) is 0 Å². The number of hydrogen-bond donors (Lipinski definition) is 0. The number of hydrogen-bond acceptors (Lipinski definition) is 0. The Labute approximate surface area is 205 Å². The molecule has 1 aromatic carbocycles. The van der Waals surface area contributed by atoms with Gasteiger partial charge in [0, 0.05) is 35.1 Å². The molecular weight excluding hydrogens is 373 g/mol. The van der Waals surface area contributed by atoms with Crippen molar-refractivity contribution in [3.63, 3.8) is 0 Å². The number of rotatable bonds is 17. The van der Waals surface area contributed by atoms with Gasteiger partial charge in [-0.15, -0.1) is 0 Å². The van der Waals surface area contributed by atoms with Crippen molar-refractivity contribution in [2.75, 3.05) is 20.6 Å². The van der Waals surface area contributed by atoms with Crippen molar-refractivity contribution < 1.29 is 16.9 Å². The molecule has 1 rings (SSSR count). The number of unbranched alkanes of at least 4 members (excludes halogenated alkanes) is 13. The second-order valence-electron chi connectivity index (χ2n) is 8.90. The molecule has 0 unspecified atom stereocenters. The third-order valence-corrected chi connectivity index (χ3v) is 5.57. The van der Waals surface area contributed by atoms with Gasteiger partial charge in [0.1, 0.15) is 6.54 Å². The normalized spacial score (nSPS) is 11.0. The van der Waals surface area contributed by atoms with E-state index in [2.05, 4.69) is 51.4 Å². The van der Waals surface area contributed by atoms with E-state index in [4.69, 9.17) is 0 Å². The van der Waals surface area contributed by atoms with Crippen molar-refractivity contribution in [3.8, 4) is 0 Å². The molecule has 0 aliphatic carbocycles. The van der Waals surface area contributed by atoms with Crippen LogP contribution in [0.1, 0.15) is 102 Å². The van der Waals surface area contributed by atoms with Crippen LogP contribution in [0.5, 0.6) is 0 Å². The van der Waals surface area contributed by atoms with E-state index in [1.165, 1.54) is 102 Å². The Morgan fingerprint density at radius 3 is 1.43 bits per heavy atom. The Morgan fingerprint density at radius 1 is 0.607 bits per heavy atom. The molecule has 0 spiro atoms. The van der Waals surface area contributed by atoms with Gasteiger partial charge >= 0.3 is 0 Å². The van der Waals surface area contributed by atoms with Crippen LogP contribution >= 0.6 is 0 Å². The third kappa shape index (κ3) is 18.5. The van der Waals surface area contributed by atoms with Crippen LogP contribution in [-0.2, 0) is 6.54 Å². The number of quaternary nitrogens is 1. The van der Waals surface area contributed by atoms with Crippen LogP contribution in [-0.4, -0.2) is 54.7 Å². The molecule has 1 radical (unpaired) electrons. The first kappa shape index (κ1) is 30.7. The largest absolute Gasteiger partial charge is 1.00 e. The Kier molecular flexibility index (Phi) is 22.7. The quantitative estimate of drug-likeness (QED) is 0.200. The average molecular weight is 419 g/mol. The van der Waals surface area contributed by atoms with Crippen LogP contribution in [0.3, 0.4) is 0 Å². The summed E-state index contributed by atoms with van der Waals surface area (Å²) >= 11 is 0. The molecule has 0 bridgehead atoms. The van der Waals surface area contributed by atoms with Gasteiger partial charge in [0.15, 0.2) is 0 Å². The maximum atomic E-state index is 2.37. The summed E-state index contributed by atoms with van der Waals surface area (Å²) in [5, 5.41) is 0. The van der Waals surface area contributed by atoms with Gasteiger partial charge in [-0.25, -0.2) is 0 Å². The minimum atomic E-state index is 0. The minimum absolute atomic E-state index is 0. The summed E-state index contributed by atoms with van der Waals surface area (Å²) in [5.74, 6) is 0. The van der Waals surface area contributed by atoms with E-state index >= 15 is 0 Å². The van der Waals surface area contributed by atoms with Crippen LogP contribution in [0.4, 0.5) is 0 Å². The smallest absolute Gasteiger partial charge is 0.104 e. The van der Waals surface area contributed by atoms with Crippen molar-refractivity contribution in [2.24, 2.45) is 0 Å². The molecule has 0 aliphatic rings. The van der Waals surface area contributed by atoms with Gasteiger partial charge in [0.2, 0.25) is 0 Å². The standard InChI is InChI=1S/C25H46N.ClH.Na/c1-4-5-6-7-8-9-10-11-12-13-14-15-16-20-23-26(2,3)24-25-21-18-17-19-22-25;;/h17-19,21-22H,4-16,20,23-24H2,1-3H3;1H;/q+1;;/p-1. The molecule has 1 aromatic rings. The van der Waals surface area contributed by atoms with Crippen molar-refractivity contribution in [1.29, 1.82) is 0 Å². The van der Waals surface area contributed by atoms with Crippen LogP contribution in [0, 0.1) is 0 Å². The summed E-state index contributed by atoms with van der Waals surface area (Å²) in [6.07, 6.45) is 20.2. The number of nitrogens with zero attached hydrogens (tertiary/aromatic N) is 1. The predicted molar refractivity (Wildman–Crippen MR) is 123 cm³/mol.